The maximum Gasteiger partial charge on any atom is 0.306 e. The first kappa shape index (κ1) is 18.2. The van der Waals surface area contributed by atoms with E-state index in [1.165, 1.54) is 12.1 Å². The Morgan fingerprint density at radius 2 is 1.84 bits per heavy atom. The highest BCUT2D eigenvalue weighted by Gasteiger charge is 2.31. The second kappa shape index (κ2) is 7.73. The molecule has 0 saturated carbocycles. The first-order valence-corrected chi connectivity index (χ1v) is 8.89. The Hall–Kier alpha value is -1.62. The molecule has 25 heavy (non-hydrogen) atoms. The fourth-order valence-corrected chi connectivity index (χ4v) is 3.81. The van der Waals surface area contributed by atoms with Crippen molar-refractivity contribution in [1.29, 1.82) is 0 Å². The largest absolute Gasteiger partial charge is 0.481 e. The molecule has 3 rings (SSSR count). The molecule has 6 heteroatoms. The average molecular weight is 382 g/mol. The molecule has 1 heterocycles. The predicted octanol–water partition coefficient (Wildman–Crippen LogP) is 5.02. The number of carbonyl (C=O) groups is 1. The van der Waals surface area contributed by atoms with Crippen molar-refractivity contribution in [3.05, 3.63) is 69.5 Å². The third-order valence-corrected chi connectivity index (χ3v) is 5.52. The number of rotatable bonds is 4. The van der Waals surface area contributed by atoms with Crippen LogP contribution in [0.2, 0.25) is 10.0 Å². The number of carboxylic acid groups (broad SMARTS) is 1. The fraction of sp³-hybridized carbons (Fsp3) is 0.316. The summed E-state index contributed by atoms with van der Waals surface area (Å²) in [6.45, 7) is 1.20. The van der Waals surface area contributed by atoms with E-state index in [2.05, 4.69) is 4.90 Å². The molecule has 0 radical (unpaired) electrons. The predicted molar refractivity (Wildman–Crippen MR) is 96.6 cm³/mol. The van der Waals surface area contributed by atoms with Crippen LogP contribution in [-0.2, 0) is 4.79 Å². The highest BCUT2D eigenvalue weighted by molar-refractivity contribution is 6.42. The van der Waals surface area contributed by atoms with Crippen LogP contribution in [0.3, 0.4) is 0 Å². The smallest absolute Gasteiger partial charge is 0.306 e. The summed E-state index contributed by atoms with van der Waals surface area (Å²) in [7, 11) is 0. The maximum absolute atomic E-state index is 13.8. The van der Waals surface area contributed by atoms with Crippen LogP contribution >= 0.6 is 23.2 Å². The van der Waals surface area contributed by atoms with Crippen LogP contribution < -0.4 is 0 Å². The van der Waals surface area contributed by atoms with E-state index in [0.29, 0.717) is 36.0 Å². The molecule has 0 aromatic heterocycles. The second-order valence-electron chi connectivity index (χ2n) is 6.25. The number of hydrogen-bond acceptors (Lipinski definition) is 2. The van der Waals surface area contributed by atoms with Gasteiger partial charge in [0.1, 0.15) is 5.82 Å². The minimum atomic E-state index is -0.761. The Morgan fingerprint density at radius 3 is 2.48 bits per heavy atom. The van der Waals surface area contributed by atoms with E-state index in [4.69, 9.17) is 23.2 Å². The van der Waals surface area contributed by atoms with Crippen LogP contribution in [0.5, 0.6) is 0 Å². The Bertz CT molecular complexity index is 776. The molecule has 0 aliphatic carbocycles. The summed E-state index contributed by atoms with van der Waals surface area (Å²) in [6.07, 6.45) is 1.11. The van der Waals surface area contributed by atoms with Gasteiger partial charge in [0.25, 0.3) is 0 Å². The standard InChI is InChI=1S/C19H18Cl2FNO2/c20-16-6-2-5-15(17(16)21)18(13-3-1-4-14(22)11-13)23-9-7-12(8-10-23)19(24)25/h1-6,11-12,18H,7-10H2,(H,24,25). The molecule has 3 nitrogen and oxygen atoms in total. The van der Waals surface area contributed by atoms with Gasteiger partial charge in [-0.25, -0.2) is 4.39 Å². The van der Waals surface area contributed by atoms with E-state index in [0.717, 1.165) is 11.1 Å². The van der Waals surface area contributed by atoms with Crippen LogP contribution in [0.25, 0.3) is 0 Å². The van der Waals surface area contributed by atoms with Gasteiger partial charge in [-0.2, -0.15) is 0 Å². The lowest BCUT2D eigenvalue weighted by molar-refractivity contribution is -0.143. The van der Waals surface area contributed by atoms with Gasteiger partial charge in [0.15, 0.2) is 0 Å². The molecule has 0 bridgehead atoms. The second-order valence-corrected chi connectivity index (χ2v) is 7.03. The van der Waals surface area contributed by atoms with Gasteiger partial charge in [-0.05, 0) is 55.3 Å². The summed E-state index contributed by atoms with van der Waals surface area (Å²) in [5.74, 6) is -1.41. The van der Waals surface area contributed by atoms with Crippen molar-refractivity contribution >= 4 is 29.2 Å². The van der Waals surface area contributed by atoms with E-state index in [1.54, 1.807) is 12.1 Å². The van der Waals surface area contributed by atoms with Gasteiger partial charge in [0.05, 0.1) is 22.0 Å². The van der Waals surface area contributed by atoms with Crippen molar-refractivity contribution in [2.45, 2.75) is 18.9 Å². The Kier molecular flexibility index (Phi) is 5.62. The summed E-state index contributed by atoms with van der Waals surface area (Å²) in [6, 6.07) is 11.6. The molecule has 2 aromatic carbocycles. The van der Waals surface area contributed by atoms with Crippen LogP contribution in [-0.4, -0.2) is 29.1 Å². The summed E-state index contributed by atoms with van der Waals surface area (Å²) < 4.78 is 13.8. The molecule has 1 aliphatic rings. The molecule has 1 atom stereocenters. The first-order valence-electron chi connectivity index (χ1n) is 8.13. The van der Waals surface area contributed by atoms with Gasteiger partial charge in [-0.15, -0.1) is 0 Å². The third kappa shape index (κ3) is 3.97. The molecule has 0 amide bonds. The zero-order valence-electron chi connectivity index (χ0n) is 13.5. The molecule has 0 spiro atoms. The zero-order valence-corrected chi connectivity index (χ0v) is 15.0. The minimum absolute atomic E-state index is 0.267. The molecular formula is C19H18Cl2FNO2. The van der Waals surface area contributed by atoms with Crippen molar-refractivity contribution in [1.82, 2.24) is 4.90 Å². The number of likely N-dealkylation sites (tertiary alicyclic amines) is 1. The van der Waals surface area contributed by atoms with E-state index in [-0.39, 0.29) is 17.8 Å². The number of halogens is 3. The van der Waals surface area contributed by atoms with Crippen LogP contribution in [0.1, 0.15) is 30.0 Å². The summed E-state index contributed by atoms with van der Waals surface area (Å²) in [5, 5.41) is 10.1. The molecule has 1 fully saturated rings. The van der Waals surface area contributed by atoms with E-state index >= 15 is 0 Å². The molecular weight excluding hydrogens is 364 g/mol. The van der Waals surface area contributed by atoms with Gasteiger partial charge in [-0.3, -0.25) is 9.69 Å². The topological polar surface area (TPSA) is 40.5 Å². The zero-order chi connectivity index (χ0) is 18.0. The van der Waals surface area contributed by atoms with Gasteiger partial charge in [0, 0.05) is 0 Å². The van der Waals surface area contributed by atoms with E-state index in [1.807, 2.05) is 18.2 Å². The van der Waals surface area contributed by atoms with Gasteiger partial charge >= 0.3 is 5.97 Å². The van der Waals surface area contributed by atoms with Crippen molar-refractivity contribution in [3.63, 3.8) is 0 Å². The molecule has 2 aromatic rings. The number of carboxylic acids is 1. The lowest BCUT2D eigenvalue weighted by Gasteiger charge is -2.37. The molecule has 1 unspecified atom stereocenters. The molecule has 1 N–H and O–H groups in total. The quantitative estimate of drug-likeness (QED) is 0.808. The third-order valence-electron chi connectivity index (χ3n) is 4.68. The van der Waals surface area contributed by atoms with Gasteiger partial charge < -0.3 is 5.11 Å². The van der Waals surface area contributed by atoms with Crippen molar-refractivity contribution in [3.8, 4) is 0 Å². The summed E-state index contributed by atoms with van der Waals surface area (Å²) in [4.78, 5) is 13.4. The Labute approximate surface area is 156 Å². The van der Waals surface area contributed by atoms with Crippen LogP contribution in [0.15, 0.2) is 42.5 Å². The van der Waals surface area contributed by atoms with Crippen LogP contribution in [0.4, 0.5) is 4.39 Å². The van der Waals surface area contributed by atoms with Crippen molar-refractivity contribution < 1.29 is 14.3 Å². The van der Waals surface area contributed by atoms with Crippen LogP contribution in [0, 0.1) is 11.7 Å². The Balaban J connectivity index is 1.98. The summed E-state index contributed by atoms with van der Waals surface area (Å²) in [5.41, 5.74) is 1.58. The van der Waals surface area contributed by atoms with Gasteiger partial charge in [0.2, 0.25) is 0 Å². The molecule has 1 aliphatic heterocycles. The van der Waals surface area contributed by atoms with E-state index in [9.17, 15) is 14.3 Å². The van der Waals surface area contributed by atoms with Gasteiger partial charge in [-0.1, -0.05) is 47.5 Å². The number of piperidine rings is 1. The number of aliphatic carboxylic acids is 1. The van der Waals surface area contributed by atoms with Crippen molar-refractivity contribution in [2.24, 2.45) is 5.92 Å². The molecule has 132 valence electrons. The average Bonchev–Trinajstić information content (AvgIpc) is 2.59. The van der Waals surface area contributed by atoms with E-state index < -0.39 is 5.97 Å². The highest BCUT2D eigenvalue weighted by atomic mass is 35.5. The fourth-order valence-electron chi connectivity index (χ4n) is 3.40. The Morgan fingerprint density at radius 1 is 1.16 bits per heavy atom. The SMILES string of the molecule is O=C(O)C1CCN(C(c2cccc(F)c2)c2cccc(Cl)c2Cl)CC1. The van der Waals surface area contributed by atoms with Crippen molar-refractivity contribution in [2.75, 3.05) is 13.1 Å². The minimum Gasteiger partial charge on any atom is -0.481 e. The first-order chi connectivity index (χ1) is 12.0. The summed E-state index contributed by atoms with van der Waals surface area (Å²) >= 11 is 12.6. The number of benzene rings is 2. The lowest BCUT2D eigenvalue weighted by atomic mass is 9.91. The highest BCUT2D eigenvalue weighted by Crippen LogP contribution is 2.38. The number of nitrogens with zero attached hydrogens (tertiary/aromatic N) is 1. The normalized spacial score (nSPS) is 17.4. The lowest BCUT2D eigenvalue weighted by Crippen LogP contribution is -2.39. The maximum atomic E-state index is 13.8. The number of hydrogen-bond donors (Lipinski definition) is 1. The monoisotopic (exact) mass is 381 g/mol. The molecule has 1 saturated heterocycles.